The molecule has 0 bridgehead atoms. The SMILES string of the molecule is COc1cccc(-c2csc(NC(=O)c3ccc(S(=O)(=O)N4COCC4(C)C)cc3)n2)c1. The minimum Gasteiger partial charge on any atom is -0.497 e. The van der Waals surface area contributed by atoms with Crippen LogP contribution in [-0.2, 0) is 14.8 Å². The molecule has 0 unspecified atom stereocenters. The highest BCUT2D eigenvalue weighted by molar-refractivity contribution is 7.89. The van der Waals surface area contributed by atoms with Crippen molar-refractivity contribution in [2.24, 2.45) is 0 Å². The summed E-state index contributed by atoms with van der Waals surface area (Å²) in [5.41, 5.74) is 1.31. The Bertz CT molecular complexity index is 1240. The van der Waals surface area contributed by atoms with Gasteiger partial charge >= 0.3 is 0 Å². The molecule has 3 aromatic rings. The zero-order valence-electron chi connectivity index (χ0n) is 17.9. The molecule has 0 aliphatic carbocycles. The van der Waals surface area contributed by atoms with Crippen LogP contribution in [0.4, 0.5) is 5.13 Å². The van der Waals surface area contributed by atoms with Crippen molar-refractivity contribution in [3.8, 4) is 17.0 Å². The van der Waals surface area contributed by atoms with Gasteiger partial charge in [-0.3, -0.25) is 10.1 Å². The van der Waals surface area contributed by atoms with E-state index in [4.69, 9.17) is 9.47 Å². The summed E-state index contributed by atoms with van der Waals surface area (Å²) in [5, 5.41) is 5.05. The summed E-state index contributed by atoms with van der Waals surface area (Å²) in [4.78, 5) is 17.2. The summed E-state index contributed by atoms with van der Waals surface area (Å²) < 4.78 is 37.8. The first kappa shape index (κ1) is 22.4. The number of methoxy groups -OCH3 is 1. The second-order valence-electron chi connectivity index (χ2n) is 7.89. The number of aromatic nitrogens is 1. The van der Waals surface area contributed by atoms with Gasteiger partial charge in [-0.2, -0.15) is 4.31 Å². The van der Waals surface area contributed by atoms with Crippen molar-refractivity contribution >= 4 is 32.4 Å². The van der Waals surface area contributed by atoms with Gasteiger partial charge in [0.25, 0.3) is 5.91 Å². The second-order valence-corrected chi connectivity index (χ2v) is 10.6. The van der Waals surface area contributed by atoms with Crippen LogP contribution in [0, 0.1) is 0 Å². The maximum atomic E-state index is 12.9. The van der Waals surface area contributed by atoms with Gasteiger partial charge in [0, 0.05) is 16.5 Å². The van der Waals surface area contributed by atoms with Gasteiger partial charge in [0.05, 0.1) is 29.8 Å². The third kappa shape index (κ3) is 4.40. The molecule has 0 spiro atoms. The van der Waals surface area contributed by atoms with Crippen LogP contribution in [0.25, 0.3) is 11.3 Å². The zero-order valence-corrected chi connectivity index (χ0v) is 19.5. The first-order valence-corrected chi connectivity index (χ1v) is 12.1. The monoisotopic (exact) mass is 473 g/mol. The number of nitrogens with zero attached hydrogens (tertiary/aromatic N) is 2. The van der Waals surface area contributed by atoms with E-state index in [1.165, 1.54) is 39.9 Å². The van der Waals surface area contributed by atoms with E-state index in [0.29, 0.717) is 17.3 Å². The van der Waals surface area contributed by atoms with E-state index >= 15 is 0 Å². The molecule has 168 valence electrons. The zero-order chi connectivity index (χ0) is 22.9. The summed E-state index contributed by atoms with van der Waals surface area (Å²) in [6.07, 6.45) is 0. The van der Waals surface area contributed by atoms with E-state index in [-0.39, 0.29) is 17.5 Å². The van der Waals surface area contributed by atoms with Crippen molar-refractivity contribution in [2.45, 2.75) is 24.3 Å². The summed E-state index contributed by atoms with van der Waals surface area (Å²) in [5.74, 6) is 0.352. The highest BCUT2D eigenvalue weighted by Crippen LogP contribution is 2.30. The number of nitrogens with one attached hydrogen (secondary N) is 1. The van der Waals surface area contributed by atoms with Crippen molar-refractivity contribution in [3.05, 3.63) is 59.5 Å². The normalized spacial score (nSPS) is 16.1. The molecular formula is C22H23N3O5S2. The second kappa shape index (κ2) is 8.62. The first-order chi connectivity index (χ1) is 15.2. The Morgan fingerprint density at radius 3 is 2.62 bits per heavy atom. The molecule has 0 saturated carbocycles. The Balaban J connectivity index is 1.47. The first-order valence-electron chi connectivity index (χ1n) is 9.83. The molecule has 1 N–H and O–H groups in total. The molecule has 8 nitrogen and oxygen atoms in total. The summed E-state index contributed by atoms with van der Waals surface area (Å²) in [6.45, 7) is 3.97. The number of hydrogen-bond donors (Lipinski definition) is 1. The van der Waals surface area contributed by atoms with Crippen LogP contribution >= 0.6 is 11.3 Å². The van der Waals surface area contributed by atoms with Crippen LogP contribution in [0.15, 0.2) is 58.8 Å². The number of carbonyl (C=O) groups is 1. The number of carbonyl (C=O) groups excluding carboxylic acids is 1. The minimum atomic E-state index is -3.72. The van der Waals surface area contributed by atoms with Gasteiger partial charge in [-0.15, -0.1) is 11.3 Å². The van der Waals surface area contributed by atoms with Crippen LogP contribution in [0.1, 0.15) is 24.2 Å². The highest BCUT2D eigenvalue weighted by Gasteiger charge is 2.42. The molecule has 2 heterocycles. The topological polar surface area (TPSA) is 97.8 Å². The number of benzene rings is 2. The standard InChI is InChI=1S/C22H23N3O5S2/c1-22(2)13-30-14-25(22)32(27,28)18-9-7-15(8-10-18)20(26)24-21-23-19(12-31-21)16-5-4-6-17(11-16)29-3/h4-12H,13-14H2,1-3H3,(H,23,24,26). The summed E-state index contributed by atoms with van der Waals surface area (Å²) >= 11 is 1.30. The van der Waals surface area contributed by atoms with Gasteiger partial charge in [0.1, 0.15) is 12.5 Å². The number of ether oxygens (including phenoxy) is 2. The van der Waals surface area contributed by atoms with Gasteiger partial charge in [0.2, 0.25) is 10.0 Å². The van der Waals surface area contributed by atoms with Gasteiger partial charge in [-0.25, -0.2) is 13.4 Å². The molecule has 10 heteroatoms. The molecule has 0 radical (unpaired) electrons. The quantitative estimate of drug-likeness (QED) is 0.584. The number of amides is 1. The minimum absolute atomic E-state index is 0.0112. The van der Waals surface area contributed by atoms with Crippen molar-refractivity contribution in [2.75, 3.05) is 25.8 Å². The molecule has 1 aromatic heterocycles. The smallest absolute Gasteiger partial charge is 0.257 e. The largest absolute Gasteiger partial charge is 0.497 e. The van der Waals surface area contributed by atoms with Crippen LogP contribution in [0.5, 0.6) is 5.75 Å². The molecule has 1 saturated heterocycles. The number of anilines is 1. The molecule has 4 rings (SSSR count). The Hall–Kier alpha value is -2.79. The van der Waals surface area contributed by atoms with Crippen LogP contribution < -0.4 is 10.1 Å². The molecular weight excluding hydrogens is 450 g/mol. The van der Waals surface area contributed by atoms with Crippen molar-refractivity contribution in [1.29, 1.82) is 0 Å². The predicted molar refractivity (Wildman–Crippen MR) is 122 cm³/mol. The van der Waals surface area contributed by atoms with E-state index in [9.17, 15) is 13.2 Å². The Kier molecular flexibility index (Phi) is 6.04. The van der Waals surface area contributed by atoms with E-state index in [2.05, 4.69) is 10.3 Å². The molecule has 1 aliphatic rings. The van der Waals surface area contributed by atoms with Crippen molar-refractivity contribution < 1.29 is 22.7 Å². The third-order valence-corrected chi connectivity index (χ3v) is 7.94. The van der Waals surface area contributed by atoms with Gasteiger partial charge in [-0.05, 0) is 50.2 Å². The fraction of sp³-hybridized carbons (Fsp3) is 0.273. The van der Waals surface area contributed by atoms with E-state index < -0.39 is 15.6 Å². The lowest BCUT2D eigenvalue weighted by Crippen LogP contribution is -2.44. The van der Waals surface area contributed by atoms with E-state index in [1.54, 1.807) is 7.11 Å². The van der Waals surface area contributed by atoms with Crippen LogP contribution in [-0.4, -0.2) is 49.6 Å². The van der Waals surface area contributed by atoms with Crippen LogP contribution in [0.2, 0.25) is 0 Å². The lowest BCUT2D eigenvalue weighted by Gasteiger charge is -2.28. The number of thiazole rings is 1. The number of sulfonamides is 1. The predicted octanol–water partition coefficient (Wildman–Crippen LogP) is 3.83. The number of rotatable bonds is 6. The molecule has 0 atom stereocenters. The van der Waals surface area contributed by atoms with E-state index in [1.807, 2.05) is 43.5 Å². The van der Waals surface area contributed by atoms with Gasteiger partial charge < -0.3 is 9.47 Å². The molecule has 32 heavy (non-hydrogen) atoms. The fourth-order valence-electron chi connectivity index (χ4n) is 3.34. The summed E-state index contributed by atoms with van der Waals surface area (Å²) in [6, 6.07) is 13.3. The molecule has 2 aromatic carbocycles. The molecule has 1 aliphatic heterocycles. The van der Waals surface area contributed by atoms with Gasteiger partial charge in [-0.1, -0.05) is 12.1 Å². The lowest BCUT2D eigenvalue weighted by atomic mass is 10.1. The van der Waals surface area contributed by atoms with Crippen molar-refractivity contribution in [1.82, 2.24) is 9.29 Å². The van der Waals surface area contributed by atoms with Gasteiger partial charge in [0.15, 0.2) is 5.13 Å². The summed E-state index contributed by atoms with van der Waals surface area (Å²) in [7, 11) is -2.13. The average Bonchev–Trinajstić information content (AvgIpc) is 3.40. The maximum absolute atomic E-state index is 12.9. The van der Waals surface area contributed by atoms with Crippen molar-refractivity contribution in [3.63, 3.8) is 0 Å². The lowest BCUT2D eigenvalue weighted by molar-refractivity contribution is 0.102. The molecule has 1 amide bonds. The third-order valence-electron chi connectivity index (χ3n) is 5.13. The maximum Gasteiger partial charge on any atom is 0.257 e. The Labute approximate surface area is 190 Å². The fourth-order valence-corrected chi connectivity index (χ4v) is 5.71. The van der Waals surface area contributed by atoms with E-state index in [0.717, 1.165) is 17.0 Å². The van der Waals surface area contributed by atoms with Crippen LogP contribution in [0.3, 0.4) is 0 Å². The highest BCUT2D eigenvalue weighted by atomic mass is 32.2. The molecule has 1 fully saturated rings. The Morgan fingerprint density at radius 1 is 1.22 bits per heavy atom. The number of hydrogen-bond acceptors (Lipinski definition) is 7. The average molecular weight is 474 g/mol. The Morgan fingerprint density at radius 2 is 1.97 bits per heavy atom.